The smallest absolute Gasteiger partial charge is 0.186 e. The lowest BCUT2D eigenvalue weighted by Gasteiger charge is -2.13. The molecule has 19 heavy (non-hydrogen) atoms. The number of aromatic nitrogens is 1. The third kappa shape index (κ3) is 1.77. The van der Waals surface area contributed by atoms with Gasteiger partial charge >= 0.3 is 0 Å². The molecule has 0 aromatic heterocycles. The van der Waals surface area contributed by atoms with Gasteiger partial charge in [-0.3, -0.25) is 4.79 Å². The molecular weight excluding hydrogens is 254 g/mol. The molecule has 0 spiro atoms. The fourth-order valence-corrected chi connectivity index (χ4v) is 3.59. The molecule has 0 bridgehead atoms. The normalized spacial score (nSPS) is 11.4. The van der Waals surface area contributed by atoms with E-state index < -0.39 is 0 Å². The molecule has 3 heteroatoms. The fourth-order valence-electron chi connectivity index (χ4n) is 2.37. The minimum absolute atomic E-state index is 0.148. The zero-order chi connectivity index (χ0) is 13.7. The van der Waals surface area contributed by atoms with Gasteiger partial charge in [0.05, 0.1) is 20.8 Å². The topological polar surface area (TPSA) is 30.0 Å². The second kappa shape index (κ2) is 4.14. The largest absolute Gasteiger partial charge is 0.289 e. The maximum Gasteiger partial charge on any atom is 0.186 e. The van der Waals surface area contributed by atoms with E-state index in [1.54, 1.807) is 11.3 Å². The van der Waals surface area contributed by atoms with Crippen LogP contribution in [0.5, 0.6) is 0 Å². The Balaban J connectivity index is 2.55. The van der Waals surface area contributed by atoms with Gasteiger partial charge in [-0.1, -0.05) is 6.07 Å². The Kier molecular flexibility index (Phi) is 2.68. The van der Waals surface area contributed by atoms with Gasteiger partial charge in [0.15, 0.2) is 5.43 Å². The van der Waals surface area contributed by atoms with Gasteiger partial charge in [-0.25, -0.2) is 4.98 Å². The van der Waals surface area contributed by atoms with Gasteiger partial charge in [-0.2, -0.15) is 0 Å². The maximum absolute atomic E-state index is 12.2. The first-order valence-electron chi connectivity index (χ1n) is 6.30. The summed E-state index contributed by atoms with van der Waals surface area (Å²) in [6, 6.07) is 6.26. The first-order chi connectivity index (χ1) is 8.99. The number of rotatable bonds is 0. The molecule has 0 fully saturated rings. The van der Waals surface area contributed by atoms with Gasteiger partial charge in [0.1, 0.15) is 0 Å². The van der Waals surface area contributed by atoms with E-state index in [4.69, 9.17) is 4.98 Å². The van der Waals surface area contributed by atoms with Crippen molar-refractivity contribution in [1.82, 2.24) is 4.98 Å². The molecule has 0 atom stereocenters. The van der Waals surface area contributed by atoms with Crippen LogP contribution in [0.4, 0.5) is 0 Å². The van der Waals surface area contributed by atoms with Crippen LogP contribution in [0.25, 0.3) is 20.8 Å². The second-order valence-corrected chi connectivity index (χ2v) is 6.12. The predicted octanol–water partition coefficient (Wildman–Crippen LogP) is 3.99. The molecule has 0 radical (unpaired) electrons. The van der Waals surface area contributed by atoms with Gasteiger partial charge in [-0.15, -0.1) is 11.3 Å². The van der Waals surface area contributed by atoms with E-state index >= 15 is 0 Å². The molecule has 2 nitrogen and oxygen atoms in total. The number of aryl methyl sites for hydroxylation is 1. The van der Waals surface area contributed by atoms with Crippen LogP contribution in [-0.4, -0.2) is 4.98 Å². The highest BCUT2D eigenvalue weighted by atomic mass is 32.1. The summed E-state index contributed by atoms with van der Waals surface area (Å²) in [6.45, 7) is 7.84. The summed E-state index contributed by atoms with van der Waals surface area (Å²) < 4.78 is 1.14. The minimum Gasteiger partial charge on any atom is -0.289 e. The summed E-state index contributed by atoms with van der Waals surface area (Å²) >= 11 is 1.67. The minimum atomic E-state index is 0.148. The number of fused-ring (bicyclic) bond motifs is 2. The van der Waals surface area contributed by atoms with E-state index in [-0.39, 0.29) is 5.43 Å². The number of hydrogen-bond acceptors (Lipinski definition) is 3. The van der Waals surface area contributed by atoms with E-state index in [2.05, 4.69) is 25.1 Å². The zero-order valence-electron chi connectivity index (χ0n) is 11.5. The third-order valence-corrected chi connectivity index (χ3v) is 4.96. The number of benzene rings is 2. The van der Waals surface area contributed by atoms with E-state index in [9.17, 15) is 4.79 Å². The first-order valence-corrected chi connectivity index (χ1v) is 7.11. The highest BCUT2D eigenvalue weighted by Gasteiger charge is 2.18. The van der Waals surface area contributed by atoms with Gasteiger partial charge in [0.25, 0.3) is 0 Å². The van der Waals surface area contributed by atoms with Crippen molar-refractivity contribution >= 4 is 21.6 Å². The lowest BCUT2D eigenvalue weighted by atomic mass is 10.0. The zero-order valence-corrected chi connectivity index (χ0v) is 12.3. The average molecular weight is 269 g/mol. The van der Waals surface area contributed by atoms with Crippen LogP contribution in [0.3, 0.4) is 0 Å². The van der Waals surface area contributed by atoms with Crippen LogP contribution < -0.4 is 5.43 Å². The molecular formula is C16H15NOS. The predicted molar refractivity (Wildman–Crippen MR) is 81.5 cm³/mol. The van der Waals surface area contributed by atoms with Crippen LogP contribution in [0.1, 0.15) is 22.3 Å². The second-order valence-electron chi connectivity index (χ2n) is 5.07. The molecule has 1 aliphatic heterocycles. The summed E-state index contributed by atoms with van der Waals surface area (Å²) in [5, 5.41) is 0. The van der Waals surface area contributed by atoms with Crippen molar-refractivity contribution in [2.75, 3.05) is 0 Å². The summed E-state index contributed by atoms with van der Waals surface area (Å²) in [4.78, 5) is 18.0. The third-order valence-electron chi connectivity index (χ3n) is 3.71. The Morgan fingerprint density at radius 1 is 1.00 bits per heavy atom. The summed E-state index contributed by atoms with van der Waals surface area (Å²) in [5.74, 6) is 0. The fraction of sp³-hybridized carbons (Fsp3) is 0.250. The van der Waals surface area contributed by atoms with Gasteiger partial charge in [-0.05, 0) is 51.0 Å². The van der Waals surface area contributed by atoms with E-state index in [0.29, 0.717) is 0 Å². The summed E-state index contributed by atoms with van der Waals surface area (Å²) in [6.07, 6.45) is 0. The van der Waals surface area contributed by atoms with Crippen molar-refractivity contribution in [3.63, 3.8) is 0 Å². The quantitative estimate of drug-likeness (QED) is 0.577. The maximum atomic E-state index is 12.2. The lowest BCUT2D eigenvalue weighted by molar-refractivity contribution is 1.21. The van der Waals surface area contributed by atoms with Crippen molar-refractivity contribution in [2.45, 2.75) is 27.7 Å². The van der Waals surface area contributed by atoms with Gasteiger partial charge < -0.3 is 0 Å². The molecule has 2 aliphatic rings. The monoisotopic (exact) mass is 269 g/mol. The van der Waals surface area contributed by atoms with Crippen molar-refractivity contribution in [3.05, 3.63) is 50.7 Å². The van der Waals surface area contributed by atoms with Crippen molar-refractivity contribution in [3.8, 4) is 10.6 Å². The molecule has 1 aliphatic carbocycles. The molecule has 0 N–H and O–H groups in total. The Morgan fingerprint density at radius 3 is 2.47 bits per heavy atom. The average Bonchev–Trinajstić information content (AvgIpc) is 2.41. The molecule has 0 unspecified atom stereocenters. The molecule has 96 valence electrons. The van der Waals surface area contributed by atoms with Crippen LogP contribution in [0.2, 0.25) is 0 Å². The lowest BCUT2D eigenvalue weighted by Crippen LogP contribution is -2.13. The van der Waals surface area contributed by atoms with E-state index in [0.717, 1.165) is 37.5 Å². The van der Waals surface area contributed by atoms with E-state index in [1.807, 2.05) is 20.8 Å². The van der Waals surface area contributed by atoms with Crippen molar-refractivity contribution in [1.29, 1.82) is 0 Å². The number of nitrogens with zero attached hydrogens (tertiary/aromatic N) is 1. The van der Waals surface area contributed by atoms with Crippen molar-refractivity contribution < 1.29 is 0 Å². The molecule has 1 heterocycles. The molecule has 1 aromatic rings. The van der Waals surface area contributed by atoms with Crippen LogP contribution in [0.15, 0.2) is 23.0 Å². The Hall–Kier alpha value is -1.74. The first kappa shape index (κ1) is 12.3. The Labute approximate surface area is 116 Å². The molecule has 0 amide bonds. The number of hydrogen-bond donors (Lipinski definition) is 0. The van der Waals surface area contributed by atoms with Crippen LogP contribution in [0, 0.1) is 27.7 Å². The highest BCUT2D eigenvalue weighted by molar-refractivity contribution is 7.21. The standard InChI is InChI=1S/C16H15NOS/c1-8-5-6-12-13(7-8)19-16-11(4)15(18)10(3)9(2)14(16)17-12/h5-7H,1-4H3. The van der Waals surface area contributed by atoms with Gasteiger partial charge in [0.2, 0.25) is 0 Å². The Bertz CT molecular complexity index is 832. The van der Waals surface area contributed by atoms with Gasteiger partial charge in [0, 0.05) is 11.1 Å². The molecule has 1 aromatic carbocycles. The van der Waals surface area contributed by atoms with Crippen LogP contribution in [-0.2, 0) is 0 Å². The SMILES string of the molecule is Cc1ccc2nc3c(C)c(C)c(=O)c(C)c-3sc2c1. The van der Waals surface area contributed by atoms with E-state index in [1.165, 1.54) is 5.56 Å². The summed E-state index contributed by atoms with van der Waals surface area (Å²) in [5.41, 5.74) is 5.97. The van der Waals surface area contributed by atoms with Crippen molar-refractivity contribution in [2.24, 2.45) is 0 Å². The Morgan fingerprint density at radius 2 is 1.74 bits per heavy atom. The molecule has 0 saturated heterocycles. The highest BCUT2D eigenvalue weighted by Crippen LogP contribution is 2.35. The van der Waals surface area contributed by atoms with Crippen LogP contribution >= 0.6 is 11.3 Å². The summed E-state index contributed by atoms with van der Waals surface area (Å²) in [7, 11) is 0. The molecule has 0 saturated carbocycles. The molecule has 3 rings (SSSR count).